The predicted molar refractivity (Wildman–Crippen MR) is 91.7 cm³/mol. The maximum absolute atomic E-state index is 14.0. The van der Waals surface area contributed by atoms with Crippen LogP contribution in [0.3, 0.4) is 0 Å². The topological polar surface area (TPSA) is 49.4 Å². The van der Waals surface area contributed by atoms with E-state index >= 15 is 0 Å². The van der Waals surface area contributed by atoms with Gasteiger partial charge in [-0.05, 0) is 36.1 Å². The van der Waals surface area contributed by atoms with Gasteiger partial charge in [-0.15, -0.1) is 0 Å². The Hall–Kier alpha value is -2.40. The highest BCUT2D eigenvalue weighted by Crippen LogP contribution is 2.34. The number of hydrogen-bond acceptors (Lipinski definition) is 2. The molecule has 1 heterocycles. The number of rotatable bonds is 2. The molecule has 2 aliphatic rings. The van der Waals surface area contributed by atoms with Crippen LogP contribution in [-0.4, -0.2) is 22.4 Å². The van der Waals surface area contributed by atoms with Gasteiger partial charge in [0, 0.05) is 17.0 Å². The fraction of sp³-hybridized carbons (Fsp3) is 0.263. The summed E-state index contributed by atoms with van der Waals surface area (Å²) in [6.45, 7) is -0.167. The van der Waals surface area contributed by atoms with Gasteiger partial charge in [0.1, 0.15) is 11.4 Å². The smallest absolute Gasteiger partial charge is 0.323 e. The van der Waals surface area contributed by atoms with Gasteiger partial charge >= 0.3 is 6.03 Å². The zero-order chi connectivity index (χ0) is 17.6. The van der Waals surface area contributed by atoms with E-state index in [-0.39, 0.29) is 23.0 Å². The van der Waals surface area contributed by atoms with E-state index < -0.39 is 17.4 Å². The molecule has 1 spiro atoms. The van der Waals surface area contributed by atoms with Crippen LogP contribution in [0, 0.1) is 5.82 Å². The summed E-state index contributed by atoms with van der Waals surface area (Å²) in [5.74, 6) is -0.839. The van der Waals surface area contributed by atoms with E-state index in [4.69, 9.17) is 11.6 Å². The van der Waals surface area contributed by atoms with Crippen LogP contribution < -0.4 is 5.32 Å². The number of imide groups is 1. The van der Waals surface area contributed by atoms with Gasteiger partial charge < -0.3 is 5.32 Å². The number of urea groups is 1. The Morgan fingerprint density at radius 1 is 1.12 bits per heavy atom. The van der Waals surface area contributed by atoms with Gasteiger partial charge in [-0.2, -0.15) is 0 Å². The zero-order valence-corrected chi connectivity index (χ0v) is 14.1. The first-order valence-corrected chi connectivity index (χ1v) is 8.52. The van der Waals surface area contributed by atoms with Crippen LogP contribution in [0.5, 0.6) is 0 Å². The number of hydrogen-bond donors (Lipinski definition) is 1. The molecule has 3 amide bonds. The molecule has 4 rings (SSSR count). The molecule has 2 aromatic carbocycles. The second kappa shape index (κ2) is 5.85. The third-order valence-electron chi connectivity index (χ3n) is 5.06. The van der Waals surface area contributed by atoms with Gasteiger partial charge in [-0.1, -0.05) is 41.9 Å². The molecular weight excluding hydrogens is 343 g/mol. The number of amides is 3. The minimum Gasteiger partial charge on any atom is -0.323 e. The molecule has 2 aromatic rings. The second-order valence-corrected chi connectivity index (χ2v) is 6.96. The molecule has 0 bridgehead atoms. The summed E-state index contributed by atoms with van der Waals surface area (Å²) in [6.07, 6.45) is 1.71. The van der Waals surface area contributed by atoms with E-state index in [1.807, 2.05) is 24.3 Å². The highest BCUT2D eigenvalue weighted by molar-refractivity contribution is 6.31. The molecule has 1 fully saturated rings. The zero-order valence-electron chi connectivity index (χ0n) is 13.4. The van der Waals surface area contributed by atoms with Crippen molar-refractivity contribution in [3.05, 3.63) is 70.0 Å². The molecule has 128 valence electrons. The quantitative estimate of drug-likeness (QED) is 0.836. The predicted octanol–water partition coefficient (Wildman–Crippen LogP) is 3.46. The molecule has 0 aromatic heterocycles. The minimum absolute atomic E-state index is 0.154. The lowest BCUT2D eigenvalue weighted by Crippen LogP contribution is -2.51. The average Bonchev–Trinajstić information content (AvgIpc) is 2.81. The minimum atomic E-state index is -0.941. The summed E-state index contributed by atoms with van der Waals surface area (Å²) < 4.78 is 14.0. The first-order valence-electron chi connectivity index (χ1n) is 8.14. The Morgan fingerprint density at radius 3 is 2.64 bits per heavy atom. The van der Waals surface area contributed by atoms with Crippen LogP contribution in [-0.2, 0) is 24.2 Å². The molecule has 1 aliphatic carbocycles. The summed E-state index contributed by atoms with van der Waals surface area (Å²) in [6, 6.07) is 11.7. The molecule has 0 saturated carbocycles. The van der Waals surface area contributed by atoms with Crippen LogP contribution >= 0.6 is 11.6 Å². The molecule has 4 nitrogen and oxygen atoms in total. The lowest BCUT2D eigenvalue weighted by atomic mass is 9.78. The highest BCUT2D eigenvalue weighted by Gasteiger charge is 2.52. The van der Waals surface area contributed by atoms with E-state index in [1.54, 1.807) is 6.07 Å². The normalized spacial score (nSPS) is 22.2. The first-order chi connectivity index (χ1) is 12.0. The Morgan fingerprint density at radius 2 is 1.88 bits per heavy atom. The Bertz CT molecular complexity index is 865. The maximum atomic E-state index is 14.0. The number of aryl methyl sites for hydroxylation is 1. The summed E-state index contributed by atoms with van der Waals surface area (Å²) in [5, 5.41) is 3.05. The standard InChI is InChI=1S/C19H16ClFN2O2/c20-15-6-3-7-16(21)14(15)11-23-17(24)19(22-18(23)25)9-8-12-4-1-2-5-13(12)10-19/h1-7H,8-11H2,(H,22,25). The van der Waals surface area contributed by atoms with Crippen molar-refractivity contribution in [2.75, 3.05) is 0 Å². The molecule has 1 unspecified atom stereocenters. The summed E-state index contributed by atoms with van der Waals surface area (Å²) in [5.41, 5.74) is 1.48. The van der Waals surface area contributed by atoms with E-state index in [2.05, 4.69) is 5.32 Å². The van der Waals surface area contributed by atoms with Crippen molar-refractivity contribution in [2.24, 2.45) is 0 Å². The average molecular weight is 359 g/mol. The molecule has 6 heteroatoms. The number of benzene rings is 2. The van der Waals surface area contributed by atoms with E-state index in [0.717, 1.165) is 16.9 Å². The molecule has 25 heavy (non-hydrogen) atoms. The molecule has 1 aliphatic heterocycles. The van der Waals surface area contributed by atoms with Crippen LogP contribution in [0.25, 0.3) is 0 Å². The largest absolute Gasteiger partial charge is 0.325 e. The van der Waals surface area contributed by atoms with Crippen LogP contribution in [0.2, 0.25) is 5.02 Å². The van der Waals surface area contributed by atoms with Crippen molar-refractivity contribution in [2.45, 2.75) is 31.3 Å². The van der Waals surface area contributed by atoms with Crippen LogP contribution in [0.1, 0.15) is 23.1 Å². The second-order valence-electron chi connectivity index (χ2n) is 6.55. The Balaban J connectivity index is 1.63. The van der Waals surface area contributed by atoms with Crippen molar-refractivity contribution < 1.29 is 14.0 Å². The number of fused-ring (bicyclic) bond motifs is 1. The van der Waals surface area contributed by atoms with Crippen molar-refractivity contribution in [3.8, 4) is 0 Å². The third-order valence-corrected chi connectivity index (χ3v) is 5.41. The molecule has 1 N–H and O–H groups in total. The molecule has 1 atom stereocenters. The number of nitrogens with zero attached hydrogens (tertiary/aromatic N) is 1. The first kappa shape index (κ1) is 16.1. The van der Waals surface area contributed by atoms with Gasteiger partial charge in [0.05, 0.1) is 6.54 Å². The monoisotopic (exact) mass is 358 g/mol. The van der Waals surface area contributed by atoms with Gasteiger partial charge in [-0.25, -0.2) is 9.18 Å². The van der Waals surface area contributed by atoms with E-state index in [0.29, 0.717) is 12.8 Å². The van der Waals surface area contributed by atoms with Crippen molar-refractivity contribution in [3.63, 3.8) is 0 Å². The van der Waals surface area contributed by atoms with Crippen molar-refractivity contribution >= 4 is 23.5 Å². The molecule has 1 saturated heterocycles. The van der Waals surface area contributed by atoms with Gasteiger partial charge in [0.25, 0.3) is 5.91 Å². The maximum Gasteiger partial charge on any atom is 0.325 e. The SMILES string of the molecule is O=C1NC2(CCc3ccccc3C2)C(=O)N1Cc1c(F)cccc1Cl. The van der Waals surface area contributed by atoms with E-state index in [9.17, 15) is 14.0 Å². The Kier molecular flexibility index (Phi) is 3.76. The van der Waals surface area contributed by atoms with Crippen molar-refractivity contribution in [1.29, 1.82) is 0 Å². The fourth-order valence-corrected chi connectivity index (χ4v) is 3.91. The number of nitrogens with one attached hydrogen (secondary N) is 1. The third kappa shape index (κ3) is 2.59. The summed E-state index contributed by atoms with van der Waals surface area (Å²) in [4.78, 5) is 26.5. The highest BCUT2D eigenvalue weighted by atomic mass is 35.5. The van der Waals surface area contributed by atoms with Gasteiger partial charge in [0.2, 0.25) is 0 Å². The van der Waals surface area contributed by atoms with Crippen molar-refractivity contribution in [1.82, 2.24) is 10.2 Å². The number of halogens is 2. The van der Waals surface area contributed by atoms with Crippen LogP contribution in [0.4, 0.5) is 9.18 Å². The number of carbonyl (C=O) groups excluding carboxylic acids is 2. The van der Waals surface area contributed by atoms with E-state index in [1.165, 1.54) is 17.7 Å². The lowest BCUT2D eigenvalue weighted by molar-refractivity contribution is -0.132. The Labute approximate surface area is 149 Å². The molecule has 0 radical (unpaired) electrons. The molecular formula is C19H16ClFN2O2. The van der Waals surface area contributed by atoms with Gasteiger partial charge in [-0.3, -0.25) is 9.69 Å². The fourth-order valence-electron chi connectivity index (χ4n) is 3.69. The summed E-state index contributed by atoms with van der Waals surface area (Å²) in [7, 11) is 0. The lowest BCUT2D eigenvalue weighted by Gasteiger charge is -2.32. The summed E-state index contributed by atoms with van der Waals surface area (Å²) >= 11 is 6.04. The van der Waals surface area contributed by atoms with Gasteiger partial charge in [0.15, 0.2) is 0 Å². The van der Waals surface area contributed by atoms with Crippen LogP contribution in [0.15, 0.2) is 42.5 Å². The number of carbonyl (C=O) groups is 2.